The number of nitrogens with one attached hydrogen (secondary N) is 1. The number of benzene rings is 2. The van der Waals surface area contributed by atoms with Gasteiger partial charge in [0.2, 0.25) is 5.91 Å². The quantitative estimate of drug-likeness (QED) is 0.703. The number of hydrogen-bond donors (Lipinski definition) is 1. The van der Waals surface area contributed by atoms with Gasteiger partial charge in [0.05, 0.1) is 10.2 Å². The molecule has 3 aromatic rings. The molecule has 1 aliphatic carbocycles. The van der Waals surface area contributed by atoms with Crippen LogP contribution < -0.4 is 5.32 Å². The molecular weight excluding hydrogens is 316 g/mol. The summed E-state index contributed by atoms with van der Waals surface area (Å²) in [4.78, 5) is 16.7. The van der Waals surface area contributed by atoms with Crippen molar-refractivity contribution in [2.45, 2.75) is 33.6 Å². The van der Waals surface area contributed by atoms with Crippen molar-refractivity contribution in [3.8, 4) is 11.1 Å². The lowest BCUT2D eigenvalue weighted by Gasteiger charge is -2.06. The summed E-state index contributed by atoms with van der Waals surface area (Å²) < 4.78 is 1.10. The van der Waals surface area contributed by atoms with E-state index in [0.29, 0.717) is 5.13 Å². The Labute approximate surface area is 145 Å². The highest BCUT2D eigenvalue weighted by Crippen LogP contribution is 2.46. The average Bonchev–Trinajstić information content (AvgIpc) is 3.15. The lowest BCUT2D eigenvalue weighted by Crippen LogP contribution is -2.21. The first kappa shape index (κ1) is 15.3. The van der Waals surface area contributed by atoms with E-state index in [1.807, 2.05) is 13.0 Å². The minimum Gasteiger partial charge on any atom is -0.301 e. The van der Waals surface area contributed by atoms with Crippen LogP contribution in [-0.4, -0.2) is 10.9 Å². The number of anilines is 1. The Kier molecular flexibility index (Phi) is 3.46. The number of thiazole rings is 1. The summed E-state index contributed by atoms with van der Waals surface area (Å²) in [6.45, 7) is 6.25. The number of fused-ring (bicyclic) bond motifs is 1. The number of nitrogens with zero attached hydrogens (tertiary/aromatic N) is 1. The van der Waals surface area contributed by atoms with Crippen LogP contribution >= 0.6 is 11.3 Å². The largest absolute Gasteiger partial charge is 0.301 e. The minimum absolute atomic E-state index is 0.0936. The van der Waals surface area contributed by atoms with Gasteiger partial charge in [-0.25, -0.2) is 4.98 Å². The molecule has 0 atom stereocenters. The zero-order chi connectivity index (χ0) is 16.9. The summed E-state index contributed by atoms with van der Waals surface area (Å²) in [5.74, 6) is 0.0936. The lowest BCUT2D eigenvalue weighted by molar-refractivity contribution is -0.120. The van der Waals surface area contributed by atoms with E-state index in [1.54, 1.807) is 11.3 Å². The first-order valence-corrected chi connectivity index (χ1v) is 9.05. The molecule has 0 spiro atoms. The fourth-order valence-electron chi connectivity index (χ4n) is 2.96. The maximum absolute atomic E-state index is 12.2. The molecule has 1 aliphatic rings. The molecule has 0 bridgehead atoms. The van der Waals surface area contributed by atoms with Crippen molar-refractivity contribution in [3.63, 3.8) is 0 Å². The highest BCUT2D eigenvalue weighted by atomic mass is 32.1. The van der Waals surface area contributed by atoms with E-state index in [9.17, 15) is 4.79 Å². The molecule has 0 aliphatic heterocycles. The molecule has 4 rings (SSSR count). The van der Waals surface area contributed by atoms with E-state index in [-0.39, 0.29) is 11.3 Å². The molecule has 0 unspecified atom stereocenters. The Hall–Kier alpha value is -2.20. The van der Waals surface area contributed by atoms with Crippen molar-refractivity contribution in [1.29, 1.82) is 0 Å². The Bertz CT molecular complexity index is 933. The van der Waals surface area contributed by atoms with Crippen LogP contribution in [0.2, 0.25) is 0 Å². The van der Waals surface area contributed by atoms with Gasteiger partial charge in [0.1, 0.15) is 0 Å². The predicted molar refractivity (Wildman–Crippen MR) is 101 cm³/mol. The summed E-state index contributed by atoms with van der Waals surface area (Å²) in [5, 5.41) is 3.67. The van der Waals surface area contributed by atoms with Gasteiger partial charge in [-0.3, -0.25) is 4.79 Å². The van der Waals surface area contributed by atoms with Crippen LogP contribution in [0.15, 0.2) is 36.4 Å². The van der Waals surface area contributed by atoms with Gasteiger partial charge >= 0.3 is 0 Å². The van der Waals surface area contributed by atoms with E-state index in [1.165, 1.54) is 22.3 Å². The summed E-state index contributed by atoms with van der Waals surface area (Å²) in [7, 11) is 0. The molecule has 122 valence electrons. The van der Waals surface area contributed by atoms with Crippen molar-refractivity contribution in [3.05, 3.63) is 47.5 Å². The van der Waals surface area contributed by atoms with Gasteiger partial charge < -0.3 is 5.32 Å². The van der Waals surface area contributed by atoms with Gasteiger partial charge in [-0.15, -0.1) is 0 Å². The number of carbonyl (C=O) groups excluding carboxylic acids is 1. The summed E-state index contributed by atoms with van der Waals surface area (Å²) in [5.41, 5.74) is 5.69. The van der Waals surface area contributed by atoms with Crippen LogP contribution in [0.3, 0.4) is 0 Å². The number of rotatable bonds is 3. The standard InChI is InChI=1S/C20H20N2OS/c1-12-8-13(2)10-15(9-12)14-4-5-16-17(11-14)24-19(21-16)22-18(23)20(3)6-7-20/h4-5,8-11H,6-7H2,1-3H3,(H,21,22,23). The molecular formula is C20H20N2OS. The zero-order valence-electron chi connectivity index (χ0n) is 14.1. The van der Waals surface area contributed by atoms with Gasteiger partial charge in [0.25, 0.3) is 0 Å². The highest BCUT2D eigenvalue weighted by Gasteiger charge is 2.45. The molecule has 4 heteroatoms. The molecule has 0 saturated heterocycles. The van der Waals surface area contributed by atoms with Gasteiger partial charge in [0, 0.05) is 5.41 Å². The van der Waals surface area contributed by atoms with E-state index in [2.05, 4.69) is 54.5 Å². The van der Waals surface area contributed by atoms with Crippen molar-refractivity contribution < 1.29 is 4.79 Å². The fraction of sp³-hybridized carbons (Fsp3) is 0.300. The highest BCUT2D eigenvalue weighted by molar-refractivity contribution is 7.22. The first-order valence-electron chi connectivity index (χ1n) is 8.24. The third-order valence-corrected chi connectivity index (χ3v) is 5.65. The second-order valence-corrected chi connectivity index (χ2v) is 8.12. The molecule has 24 heavy (non-hydrogen) atoms. The molecule has 1 fully saturated rings. The number of aryl methyl sites for hydroxylation is 2. The predicted octanol–water partition coefficient (Wildman–Crippen LogP) is 5.32. The maximum Gasteiger partial charge on any atom is 0.232 e. The monoisotopic (exact) mass is 336 g/mol. The zero-order valence-corrected chi connectivity index (χ0v) is 15.0. The molecule has 2 aromatic carbocycles. The van der Waals surface area contributed by atoms with Crippen LogP contribution in [0.4, 0.5) is 5.13 Å². The Morgan fingerprint density at radius 3 is 2.46 bits per heavy atom. The summed E-state index contributed by atoms with van der Waals surface area (Å²) >= 11 is 1.54. The van der Waals surface area contributed by atoms with E-state index < -0.39 is 0 Å². The third kappa shape index (κ3) is 2.82. The van der Waals surface area contributed by atoms with Gasteiger partial charge in [-0.2, -0.15) is 0 Å². The molecule has 1 aromatic heterocycles. The maximum atomic E-state index is 12.2. The van der Waals surface area contributed by atoms with Gasteiger partial charge in [-0.05, 0) is 49.9 Å². The Morgan fingerprint density at radius 2 is 1.79 bits per heavy atom. The lowest BCUT2D eigenvalue weighted by atomic mass is 10.0. The second kappa shape index (κ2) is 5.42. The smallest absolute Gasteiger partial charge is 0.232 e. The summed E-state index contributed by atoms with van der Waals surface area (Å²) in [6, 6.07) is 12.9. The number of hydrogen-bond acceptors (Lipinski definition) is 3. The molecule has 3 nitrogen and oxygen atoms in total. The van der Waals surface area contributed by atoms with E-state index in [4.69, 9.17) is 0 Å². The minimum atomic E-state index is -0.178. The van der Waals surface area contributed by atoms with Crippen molar-refractivity contribution >= 4 is 32.6 Å². The number of aromatic nitrogens is 1. The Morgan fingerprint density at radius 1 is 1.08 bits per heavy atom. The fourth-order valence-corrected chi connectivity index (χ4v) is 3.86. The van der Waals surface area contributed by atoms with E-state index >= 15 is 0 Å². The number of amides is 1. The van der Waals surface area contributed by atoms with Gasteiger partial charge in [-0.1, -0.05) is 53.7 Å². The molecule has 1 saturated carbocycles. The molecule has 1 amide bonds. The van der Waals surface area contributed by atoms with Gasteiger partial charge in [0.15, 0.2) is 5.13 Å². The third-order valence-electron chi connectivity index (χ3n) is 4.71. The van der Waals surface area contributed by atoms with Crippen LogP contribution in [0.25, 0.3) is 21.3 Å². The van der Waals surface area contributed by atoms with Crippen LogP contribution in [0.1, 0.15) is 30.9 Å². The molecule has 1 N–H and O–H groups in total. The molecule has 1 heterocycles. The van der Waals surface area contributed by atoms with Crippen LogP contribution in [-0.2, 0) is 4.79 Å². The molecule has 0 radical (unpaired) electrons. The normalized spacial score (nSPS) is 15.5. The van der Waals surface area contributed by atoms with E-state index in [0.717, 1.165) is 23.1 Å². The van der Waals surface area contributed by atoms with Crippen molar-refractivity contribution in [2.24, 2.45) is 5.41 Å². The Balaban J connectivity index is 1.67. The first-order chi connectivity index (χ1) is 11.4. The van der Waals surface area contributed by atoms with Crippen LogP contribution in [0, 0.1) is 19.3 Å². The van der Waals surface area contributed by atoms with Crippen molar-refractivity contribution in [1.82, 2.24) is 4.98 Å². The summed E-state index contributed by atoms with van der Waals surface area (Å²) in [6.07, 6.45) is 1.95. The SMILES string of the molecule is Cc1cc(C)cc(-c2ccc3nc(NC(=O)C4(C)CC4)sc3c2)c1. The number of carbonyl (C=O) groups is 1. The second-order valence-electron chi connectivity index (χ2n) is 7.09. The van der Waals surface area contributed by atoms with Crippen molar-refractivity contribution in [2.75, 3.05) is 5.32 Å². The topological polar surface area (TPSA) is 42.0 Å². The average molecular weight is 336 g/mol. The van der Waals surface area contributed by atoms with Crippen LogP contribution in [0.5, 0.6) is 0 Å².